The number of hydrogen-bond donors (Lipinski definition) is 2. The Labute approximate surface area is 182 Å². The molecule has 0 aliphatic carbocycles. The molecule has 4 rings (SSSR count). The van der Waals surface area contributed by atoms with Crippen LogP contribution in [-0.4, -0.2) is 35.6 Å². The van der Waals surface area contributed by atoms with Gasteiger partial charge in [0.1, 0.15) is 24.3 Å². The van der Waals surface area contributed by atoms with Crippen molar-refractivity contribution < 1.29 is 13.6 Å². The number of aryl methyl sites for hydroxylation is 2. The number of nitrogens with one attached hydrogen (secondary N) is 2. The zero-order valence-corrected chi connectivity index (χ0v) is 17.4. The SMILES string of the molecule is Cc1ccc(-n2ncnc2CNC(=O)NCc2ncnn2-c2ccc(C)c(F)c2)cc1F. The van der Waals surface area contributed by atoms with Crippen LogP contribution in [0.15, 0.2) is 49.1 Å². The monoisotopic (exact) mass is 438 g/mol. The minimum absolute atomic E-state index is 0.0667. The van der Waals surface area contributed by atoms with E-state index in [-0.39, 0.29) is 24.7 Å². The molecule has 0 aliphatic rings. The fraction of sp³-hybridized carbons (Fsp3) is 0.190. The van der Waals surface area contributed by atoms with Crippen molar-refractivity contribution in [1.82, 2.24) is 40.2 Å². The van der Waals surface area contributed by atoms with E-state index in [0.29, 0.717) is 34.2 Å². The molecule has 9 nitrogen and oxygen atoms in total. The molecule has 0 unspecified atom stereocenters. The molecule has 2 N–H and O–H groups in total. The van der Waals surface area contributed by atoms with E-state index in [2.05, 4.69) is 30.8 Å². The van der Waals surface area contributed by atoms with Crippen LogP contribution in [0.3, 0.4) is 0 Å². The highest BCUT2D eigenvalue weighted by molar-refractivity contribution is 5.73. The van der Waals surface area contributed by atoms with Gasteiger partial charge in [-0.15, -0.1) is 0 Å². The Morgan fingerprint density at radius 1 is 0.812 bits per heavy atom. The van der Waals surface area contributed by atoms with Crippen LogP contribution in [-0.2, 0) is 13.1 Å². The molecule has 0 spiro atoms. The van der Waals surface area contributed by atoms with Gasteiger partial charge in [-0.2, -0.15) is 10.2 Å². The van der Waals surface area contributed by atoms with E-state index < -0.39 is 6.03 Å². The van der Waals surface area contributed by atoms with Gasteiger partial charge in [0, 0.05) is 0 Å². The molecule has 164 valence electrons. The van der Waals surface area contributed by atoms with E-state index in [1.165, 1.54) is 34.2 Å². The second kappa shape index (κ2) is 8.92. The Balaban J connectivity index is 1.37. The second-order valence-corrected chi connectivity index (χ2v) is 7.08. The van der Waals surface area contributed by atoms with Gasteiger partial charge < -0.3 is 10.6 Å². The van der Waals surface area contributed by atoms with Crippen LogP contribution in [0.4, 0.5) is 13.6 Å². The van der Waals surface area contributed by atoms with Crippen LogP contribution in [0.25, 0.3) is 11.4 Å². The predicted octanol–water partition coefficient (Wildman–Crippen LogP) is 2.74. The smallest absolute Gasteiger partial charge is 0.315 e. The first-order valence-electron chi connectivity index (χ1n) is 9.75. The summed E-state index contributed by atoms with van der Waals surface area (Å²) in [6, 6.07) is 8.97. The summed E-state index contributed by atoms with van der Waals surface area (Å²) in [5.41, 5.74) is 2.05. The number of carbonyl (C=O) groups excluding carboxylic acids is 1. The molecule has 2 aromatic heterocycles. The third-order valence-corrected chi connectivity index (χ3v) is 4.85. The molecular formula is C21H20F2N8O. The fourth-order valence-corrected chi connectivity index (χ4v) is 3.01. The number of amides is 2. The average Bonchev–Trinajstić information content (AvgIpc) is 3.44. The predicted molar refractivity (Wildman–Crippen MR) is 111 cm³/mol. The van der Waals surface area contributed by atoms with Crippen molar-refractivity contribution in [2.45, 2.75) is 26.9 Å². The molecule has 0 fully saturated rings. The van der Waals surface area contributed by atoms with E-state index in [1.54, 1.807) is 38.1 Å². The first-order valence-corrected chi connectivity index (χ1v) is 9.75. The van der Waals surface area contributed by atoms with E-state index in [9.17, 15) is 13.6 Å². The van der Waals surface area contributed by atoms with Crippen molar-refractivity contribution in [3.05, 3.63) is 83.5 Å². The normalized spacial score (nSPS) is 10.9. The summed E-state index contributed by atoms with van der Waals surface area (Å²) in [6.45, 7) is 3.47. The molecule has 0 saturated carbocycles. The molecule has 32 heavy (non-hydrogen) atoms. The molecular weight excluding hydrogens is 418 g/mol. The number of nitrogens with zero attached hydrogens (tertiary/aromatic N) is 6. The molecule has 0 aliphatic heterocycles. The molecule has 2 amide bonds. The Morgan fingerprint density at radius 2 is 1.25 bits per heavy atom. The summed E-state index contributed by atoms with van der Waals surface area (Å²) in [6.07, 6.45) is 2.66. The number of hydrogen-bond acceptors (Lipinski definition) is 5. The first kappa shape index (κ1) is 21.1. The highest BCUT2D eigenvalue weighted by atomic mass is 19.1. The minimum Gasteiger partial charge on any atom is -0.331 e. The summed E-state index contributed by atoms with van der Waals surface area (Å²) < 4.78 is 30.6. The number of benzene rings is 2. The van der Waals surface area contributed by atoms with Crippen LogP contribution in [0.1, 0.15) is 22.8 Å². The van der Waals surface area contributed by atoms with Gasteiger partial charge >= 0.3 is 6.03 Å². The minimum atomic E-state index is -0.473. The number of carbonyl (C=O) groups is 1. The highest BCUT2D eigenvalue weighted by Crippen LogP contribution is 2.15. The molecule has 0 radical (unpaired) electrons. The summed E-state index contributed by atoms with van der Waals surface area (Å²) in [5, 5.41) is 13.5. The maximum atomic E-state index is 13.9. The molecule has 2 aromatic carbocycles. The third kappa shape index (κ3) is 4.46. The van der Waals surface area contributed by atoms with E-state index >= 15 is 0 Å². The zero-order chi connectivity index (χ0) is 22.7. The Hall–Kier alpha value is -4.15. The van der Waals surface area contributed by atoms with Crippen molar-refractivity contribution in [1.29, 1.82) is 0 Å². The Kier molecular flexibility index (Phi) is 5.88. The third-order valence-electron chi connectivity index (χ3n) is 4.85. The van der Waals surface area contributed by atoms with Crippen molar-refractivity contribution in [3.8, 4) is 11.4 Å². The average molecular weight is 438 g/mol. The van der Waals surface area contributed by atoms with Gasteiger partial charge in [-0.05, 0) is 49.2 Å². The van der Waals surface area contributed by atoms with Crippen LogP contribution in [0.2, 0.25) is 0 Å². The molecule has 0 saturated heterocycles. The molecule has 11 heteroatoms. The van der Waals surface area contributed by atoms with Crippen molar-refractivity contribution in [2.24, 2.45) is 0 Å². The van der Waals surface area contributed by atoms with Crippen LogP contribution in [0, 0.1) is 25.5 Å². The maximum Gasteiger partial charge on any atom is 0.315 e. The Morgan fingerprint density at radius 3 is 1.66 bits per heavy atom. The zero-order valence-electron chi connectivity index (χ0n) is 17.4. The van der Waals surface area contributed by atoms with Gasteiger partial charge in [-0.3, -0.25) is 0 Å². The number of urea groups is 1. The summed E-state index contributed by atoms with van der Waals surface area (Å²) >= 11 is 0. The lowest BCUT2D eigenvalue weighted by Gasteiger charge is -2.10. The van der Waals surface area contributed by atoms with Gasteiger partial charge in [0.15, 0.2) is 11.6 Å². The summed E-state index contributed by atoms with van der Waals surface area (Å²) in [5.74, 6) is 0.155. The van der Waals surface area contributed by atoms with E-state index in [4.69, 9.17) is 0 Å². The standard InChI is InChI=1S/C21H20F2N8O/c1-13-3-5-15(7-17(13)22)30-19(26-11-28-30)9-24-21(32)25-10-20-27-12-29-31(20)16-6-4-14(2)18(23)8-16/h3-8,11-12H,9-10H2,1-2H3,(H2,24,25,32). The van der Waals surface area contributed by atoms with Crippen LogP contribution in [0.5, 0.6) is 0 Å². The first-order chi connectivity index (χ1) is 15.4. The number of rotatable bonds is 6. The number of halogens is 2. The second-order valence-electron chi connectivity index (χ2n) is 7.08. The van der Waals surface area contributed by atoms with Crippen molar-refractivity contribution in [2.75, 3.05) is 0 Å². The molecule has 2 heterocycles. The summed E-state index contributed by atoms with van der Waals surface area (Å²) in [7, 11) is 0. The largest absolute Gasteiger partial charge is 0.331 e. The molecule has 4 aromatic rings. The molecule has 0 atom stereocenters. The fourth-order valence-electron chi connectivity index (χ4n) is 3.01. The lowest BCUT2D eigenvalue weighted by atomic mass is 10.2. The van der Waals surface area contributed by atoms with Crippen LogP contribution < -0.4 is 10.6 Å². The summed E-state index contributed by atoms with van der Waals surface area (Å²) in [4.78, 5) is 20.5. The van der Waals surface area contributed by atoms with Gasteiger partial charge in [0.05, 0.1) is 24.5 Å². The lowest BCUT2D eigenvalue weighted by molar-refractivity contribution is 0.239. The van der Waals surface area contributed by atoms with E-state index in [0.717, 1.165) is 0 Å². The quantitative estimate of drug-likeness (QED) is 0.482. The van der Waals surface area contributed by atoms with Gasteiger partial charge in [0.25, 0.3) is 0 Å². The van der Waals surface area contributed by atoms with E-state index in [1.807, 2.05) is 0 Å². The maximum absolute atomic E-state index is 13.9. The van der Waals surface area contributed by atoms with Crippen molar-refractivity contribution in [3.63, 3.8) is 0 Å². The van der Waals surface area contributed by atoms with Gasteiger partial charge in [-0.1, -0.05) is 12.1 Å². The van der Waals surface area contributed by atoms with Gasteiger partial charge in [0.2, 0.25) is 0 Å². The topological polar surface area (TPSA) is 103 Å². The van der Waals surface area contributed by atoms with Crippen LogP contribution >= 0.6 is 0 Å². The Bertz CT molecular complexity index is 1170. The van der Waals surface area contributed by atoms with Gasteiger partial charge in [-0.25, -0.2) is 32.9 Å². The number of aromatic nitrogens is 6. The van der Waals surface area contributed by atoms with Crippen molar-refractivity contribution >= 4 is 6.03 Å². The molecule has 0 bridgehead atoms. The highest BCUT2D eigenvalue weighted by Gasteiger charge is 2.12. The lowest BCUT2D eigenvalue weighted by Crippen LogP contribution is -2.36.